The molecule has 0 aromatic heterocycles. The summed E-state index contributed by atoms with van der Waals surface area (Å²) >= 11 is 0. The molecule has 2 atom stereocenters. The molecule has 0 spiro atoms. The number of carbonyl (C=O) groups excluding carboxylic acids is 1. The third kappa shape index (κ3) is 5.86. The number of nitrogens with zero attached hydrogens (tertiary/aromatic N) is 1. The summed E-state index contributed by atoms with van der Waals surface area (Å²) in [6, 6.07) is 19.4. The molecule has 1 amide bonds. The molecule has 0 saturated heterocycles. The minimum atomic E-state index is -1.42. The van der Waals surface area contributed by atoms with Crippen LogP contribution in [0, 0.1) is 11.6 Å². The number of carbonyl (C=O) groups is 1. The lowest BCUT2D eigenvalue weighted by Crippen LogP contribution is -2.47. The van der Waals surface area contributed by atoms with Crippen LogP contribution in [0.4, 0.5) is 8.78 Å². The Morgan fingerprint density at radius 3 is 2.59 bits per heavy atom. The van der Waals surface area contributed by atoms with Gasteiger partial charge < -0.3 is 19.9 Å². The van der Waals surface area contributed by atoms with Crippen LogP contribution >= 0.6 is 0 Å². The molecule has 1 heterocycles. The Labute approximate surface area is 214 Å². The molecule has 0 bridgehead atoms. The highest BCUT2D eigenvalue weighted by molar-refractivity contribution is 6.01. The SMILES string of the molecule is C=CC[C@@]1(C(=O)NCc2cc(F)ccc2F)N=C(c2ccc(OCCCO)cc2)O[C@@H]1c1ccccc1. The zero-order chi connectivity index (χ0) is 26.3. The van der Waals surface area contributed by atoms with E-state index in [0.717, 1.165) is 23.8 Å². The van der Waals surface area contributed by atoms with Crippen molar-refractivity contribution >= 4 is 11.8 Å². The van der Waals surface area contributed by atoms with Crippen LogP contribution < -0.4 is 10.1 Å². The highest BCUT2D eigenvalue weighted by atomic mass is 19.1. The minimum Gasteiger partial charge on any atom is -0.494 e. The van der Waals surface area contributed by atoms with E-state index in [-0.39, 0.29) is 31.0 Å². The number of aliphatic hydroxyl groups excluding tert-OH is 1. The van der Waals surface area contributed by atoms with E-state index in [0.29, 0.717) is 24.3 Å². The Bertz CT molecular complexity index is 1260. The number of hydrogen-bond acceptors (Lipinski definition) is 5. The van der Waals surface area contributed by atoms with Crippen LogP contribution in [-0.4, -0.2) is 35.7 Å². The number of nitrogens with one attached hydrogen (secondary N) is 1. The predicted molar refractivity (Wildman–Crippen MR) is 136 cm³/mol. The minimum absolute atomic E-state index is 0.0262. The molecule has 8 heteroatoms. The number of aliphatic imine (C=N–C) groups is 1. The molecular weight excluding hydrogens is 478 g/mol. The Morgan fingerprint density at radius 1 is 1.14 bits per heavy atom. The van der Waals surface area contributed by atoms with Crippen molar-refractivity contribution < 1.29 is 28.2 Å². The molecule has 37 heavy (non-hydrogen) atoms. The number of amides is 1. The maximum Gasteiger partial charge on any atom is 0.252 e. The van der Waals surface area contributed by atoms with Gasteiger partial charge in [-0.3, -0.25) is 4.79 Å². The van der Waals surface area contributed by atoms with Gasteiger partial charge in [-0.15, -0.1) is 6.58 Å². The summed E-state index contributed by atoms with van der Waals surface area (Å²) in [5.74, 6) is -0.814. The van der Waals surface area contributed by atoms with E-state index in [1.54, 1.807) is 30.3 Å². The van der Waals surface area contributed by atoms with Crippen molar-refractivity contribution in [1.29, 1.82) is 0 Å². The van der Waals surface area contributed by atoms with E-state index < -0.39 is 29.2 Å². The van der Waals surface area contributed by atoms with Gasteiger partial charge in [0.15, 0.2) is 11.6 Å². The van der Waals surface area contributed by atoms with E-state index in [4.69, 9.17) is 19.6 Å². The van der Waals surface area contributed by atoms with Crippen molar-refractivity contribution in [2.24, 2.45) is 4.99 Å². The van der Waals surface area contributed by atoms with Gasteiger partial charge in [-0.25, -0.2) is 13.8 Å². The number of ether oxygens (including phenoxy) is 2. The highest BCUT2D eigenvalue weighted by Crippen LogP contribution is 2.42. The van der Waals surface area contributed by atoms with Gasteiger partial charge in [0, 0.05) is 37.1 Å². The van der Waals surface area contributed by atoms with Crippen LogP contribution in [0.15, 0.2) is 90.4 Å². The first kappa shape index (κ1) is 26.0. The summed E-state index contributed by atoms with van der Waals surface area (Å²) in [7, 11) is 0. The van der Waals surface area contributed by atoms with Crippen molar-refractivity contribution in [3.8, 4) is 5.75 Å². The molecule has 6 nitrogen and oxygen atoms in total. The van der Waals surface area contributed by atoms with Gasteiger partial charge in [-0.05, 0) is 48.0 Å². The highest BCUT2D eigenvalue weighted by Gasteiger charge is 2.52. The second-order valence-electron chi connectivity index (χ2n) is 8.61. The van der Waals surface area contributed by atoms with E-state index >= 15 is 0 Å². The summed E-state index contributed by atoms with van der Waals surface area (Å²) in [4.78, 5) is 18.4. The molecule has 3 aromatic rings. The van der Waals surface area contributed by atoms with Crippen LogP contribution in [0.5, 0.6) is 5.75 Å². The summed E-state index contributed by atoms with van der Waals surface area (Å²) in [5, 5.41) is 11.7. The second-order valence-corrected chi connectivity index (χ2v) is 8.61. The quantitative estimate of drug-likeness (QED) is 0.287. The first-order valence-corrected chi connectivity index (χ1v) is 12.0. The van der Waals surface area contributed by atoms with Gasteiger partial charge in [0.05, 0.1) is 6.61 Å². The average molecular weight is 507 g/mol. The van der Waals surface area contributed by atoms with Gasteiger partial charge in [0.25, 0.3) is 5.91 Å². The largest absolute Gasteiger partial charge is 0.494 e. The van der Waals surface area contributed by atoms with E-state index in [9.17, 15) is 13.6 Å². The van der Waals surface area contributed by atoms with Crippen molar-refractivity contribution in [3.63, 3.8) is 0 Å². The summed E-state index contributed by atoms with van der Waals surface area (Å²) < 4.78 is 39.7. The predicted octanol–water partition coefficient (Wildman–Crippen LogP) is 4.88. The van der Waals surface area contributed by atoms with Gasteiger partial charge in [0.1, 0.15) is 17.4 Å². The van der Waals surface area contributed by atoms with Crippen LogP contribution in [0.3, 0.4) is 0 Å². The lowest BCUT2D eigenvalue weighted by atomic mass is 9.84. The molecule has 0 radical (unpaired) electrons. The molecule has 192 valence electrons. The Morgan fingerprint density at radius 2 is 1.89 bits per heavy atom. The Kier molecular flexibility index (Phi) is 8.30. The van der Waals surface area contributed by atoms with Gasteiger partial charge in [-0.2, -0.15) is 0 Å². The van der Waals surface area contributed by atoms with Gasteiger partial charge in [-0.1, -0.05) is 36.4 Å². The average Bonchev–Trinajstić information content (AvgIpc) is 3.31. The number of benzene rings is 3. The Hall–Kier alpha value is -4.04. The molecule has 1 aliphatic heterocycles. The molecule has 3 aromatic carbocycles. The Balaban J connectivity index is 1.66. The third-order valence-electron chi connectivity index (χ3n) is 6.03. The molecular formula is C29H28F2N2O4. The number of halogens is 2. The smallest absolute Gasteiger partial charge is 0.252 e. The van der Waals surface area contributed by atoms with Crippen LogP contribution in [0.25, 0.3) is 0 Å². The first-order chi connectivity index (χ1) is 18.0. The maximum atomic E-state index is 14.2. The monoisotopic (exact) mass is 506 g/mol. The topological polar surface area (TPSA) is 80.2 Å². The van der Waals surface area contributed by atoms with E-state index in [1.807, 2.05) is 30.3 Å². The maximum absolute atomic E-state index is 14.2. The molecule has 1 aliphatic rings. The normalized spacial score (nSPS) is 18.6. The van der Waals surface area contributed by atoms with Crippen LogP contribution in [0.1, 0.15) is 35.6 Å². The second kappa shape index (κ2) is 11.8. The summed E-state index contributed by atoms with van der Waals surface area (Å²) in [6.45, 7) is 4.04. The zero-order valence-electron chi connectivity index (χ0n) is 20.2. The van der Waals surface area contributed by atoms with Crippen molar-refractivity contribution in [3.05, 3.63) is 114 Å². The summed E-state index contributed by atoms with van der Waals surface area (Å²) in [5.41, 5.74) is -0.0128. The number of rotatable bonds is 11. The standard InChI is InChI=1S/C29H28F2N2O4/c1-2-15-29(28(35)32-19-22-18-23(30)11-14-25(22)31)26(20-7-4-3-5-8-20)37-27(33-29)21-9-12-24(13-10-21)36-17-6-16-34/h2-5,7-14,18,26,34H,1,6,15-17,19H2,(H,32,35)/t26-,29-/m1/s1. The molecule has 4 rings (SSSR count). The molecule has 2 N–H and O–H groups in total. The lowest BCUT2D eigenvalue weighted by Gasteiger charge is -2.29. The zero-order valence-corrected chi connectivity index (χ0v) is 20.2. The lowest BCUT2D eigenvalue weighted by molar-refractivity contribution is -0.129. The van der Waals surface area contributed by atoms with Crippen LogP contribution in [0.2, 0.25) is 0 Å². The number of hydrogen-bond donors (Lipinski definition) is 2. The van der Waals surface area contributed by atoms with Crippen molar-refractivity contribution in [2.75, 3.05) is 13.2 Å². The molecule has 0 aliphatic carbocycles. The molecule has 0 unspecified atom stereocenters. The number of aliphatic hydroxyl groups is 1. The fourth-order valence-corrected chi connectivity index (χ4v) is 4.17. The van der Waals surface area contributed by atoms with Crippen molar-refractivity contribution in [2.45, 2.75) is 31.0 Å². The molecule has 0 fully saturated rings. The van der Waals surface area contributed by atoms with E-state index in [2.05, 4.69) is 11.9 Å². The van der Waals surface area contributed by atoms with Crippen molar-refractivity contribution in [1.82, 2.24) is 5.32 Å². The fourth-order valence-electron chi connectivity index (χ4n) is 4.17. The third-order valence-corrected chi connectivity index (χ3v) is 6.03. The first-order valence-electron chi connectivity index (χ1n) is 12.0. The van der Waals surface area contributed by atoms with Gasteiger partial charge >= 0.3 is 0 Å². The molecule has 0 saturated carbocycles. The summed E-state index contributed by atoms with van der Waals surface area (Å²) in [6.07, 6.45) is 1.48. The van der Waals surface area contributed by atoms with E-state index in [1.165, 1.54) is 0 Å². The fraction of sp³-hybridized carbons (Fsp3) is 0.241. The van der Waals surface area contributed by atoms with Gasteiger partial charge in [0.2, 0.25) is 5.90 Å². The van der Waals surface area contributed by atoms with Crippen LogP contribution in [-0.2, 0) is 16.1 Å².